The first-order valence-corrected chi connectivity index (χ1v) is 10.2. The van der Waals surface area contributed by atoms with Gasteiger partial charge in [-0.1, -0.05) is 66.2 Å². The Morgan fingerprint density at radius 2 is 1.39 bits per heavy atom. The molecule has 28 heavy (non-hydrogen) atoms. The lowest BCUT2D eigenvalue weighted by molar-refractivity contribution is 0.600. The quantitative estimate of drug-likeness (QED) is 0.558. The number of aromatic nitrogens is 3. The van der Waals surface area contributed by atoms with Crippen LogP contribution in [0.5, 0.6) is 0 Å². The van der Waals surface area contributed by atoms with Crippen LogP contribution < -0.4 is 4.72 Å². The summed E-state index contributed by atoms with van der Waals surface area (Å²) in [6.45, 7) is 1.90. The van der Waals surface area contributed by atoms with Crippen molar-refractivity contribution in [3.8, 4) is 17.1 Å². The van der Waals surface area contributed by atoms with Gasteiger partial charge in [0.25, 0.3) is 10.0 Å². The van der Waals surface area contributed by atoms with E-state index >= 15 is 0 Å². The van der Waals surface area contributed by atoms with E-state index in [-0.39, 0.29) is 10.8 Å². The monoisotopic (exact) mass is 390 g/mol. The molecule has 0 saturated heterocycles. The van der Waals surface area contributed by atoms with Gasteiger partial charge in [-0.3, -0.25) is 4.57 Å². The van der Waals surface area contributed by atoms with Crippen molar-refractivity contribution in [1.82, 2.24) is 14.8 Å². The van der Waals surface area contributed by atoms with Crippen LogP contribution in [0.15, 0.2) is 89.8 Å². The van der Waals surface area contributed by atoms with Crippen LogP contribution in [0.3, 0.4) is 0 Å². The molecule has 0 aliphatic heterocycles. The molecule has 0 saturated carbocycles. The fraction of sp³-hybridized carbons (Fsp3) is 0.0476. The molecule has 0 aliphatic carbocycles. The maximum Gasteiger partial charge on any atom is 0.264 e. The van der Waals surface area contributed by atoms with Gasteiger partial charge in [0.2, 0.25) is 5.95 Å². The molecular formula is C21H18N4O2S. The fourth-order valence-corrected chi connectivity index (χ4v) is 3.83. The van der Waals surface area contributed by atoms with Crippen LogP contribution in [0.2, 0.25) is 0 Å². The summed E-state index contributed by atoms with van der Waals surface area (Å²) >= 11 is 0. The van der Waals surface area contributed by atoms with Gasteiger partial charge in [0.05, 0.1) is 10.6 Å². The van der Waals surface area contributed by atoms with Crippen molar-refractivity contribution >= 4 is 16.0 Å². The molecule has 0 atom stereocenters. The first-order valence-electron chi connectivity index (χ1n) is 8.70. The SMILES string of the molecule is Cc1ccc(S(=O)(=O)Nc2nnc(-c3ccccc3)n2-c2ccccc2)cc1. The Balaban J connectivity index is 1.82. The zero-order valence-electron chi connectivity index (χ0n) is 15.1. The molecule has 1 N–H and O–H groups in total. The summed E-state index contributed by atoms with van der Waals surface area (Å²) in [4.78, 5) is 0.168. The average molecular weight is 390 g/mol. The molecular weight excluding hydrogens is 372 g/mol. The Bertz CT molecular complexity index is 1190. The van der Waals surface area contributed by atoms with Gasteiger partial charge < -0.3 is 0 Å². The molecule has 0 spiro atoms. The first kappa shape index (κ1) is 17.9. The number of aryl methyl sites for hydroxylation is 1. The van der Waals surface area contributed by atoms with Gasteiger partial charge in [-0.2, -0.15) is 0 Å². The summed E-state index contributed by atoms with van der Waals surface area (Å²) in [6.07, 6.45) is 0. The topological polar surface area (TPSA) is 76.9 Å². The molecule has 0 fully saturated rings. The predicted octanol–water partition coefficient (Wildman–Crippen LogP) is 4.04. The average Bonchev–Trinajstić information content (AvgIpc) is 3.12. The number of nitrogens with one attached hydrogen (secondary N) is 1. The second kappa shape index (κ2) is 7.28. The molecule has 4 rings (SSSR count). The van der Waals surface area contributed by atoms with E-state index in [2.05, 4.69) is 14.9 Å². The van der Waals surface area contributed by atoms with Gasteiger partial charge in [0, 0.05) is 5.56 Å². The Morgan fingerprint density at radius 3 is 2.04 bits per heavy atom. The van der Waals surface area contributed by atoms with Crippen molar-refractivity contribution in [1.29, 1.82) is 0 Å². The number of sulfonamides is 1. The lowest BCUT2D eigenvalue weighted by Gasteiger charge is -2.12. The molecule has 0 amide bonds. The largest absolute Gasteiger partial charge is 0.264 e. The minimum atomic E-state index is -3.80. The highest BCUT2D eigenvalue weighted by Crippen LogP contribution is 2.26. The smallest absolute Gasteiger partial charge is 0.261 e. The van der Waals surface area contributed by atoms with E-state index in [1.165, 1.54) is 0 Å². The third kappa shape index (κ3) is 3.52. The van der Waals surface area contributed by atoms with Crippen molar-refractivity contribution in [2.24, 2.45) is 0 Å². The van der Waals surface area contributed by atoms with Crippen LogP contribution in [0.1, 0.15) is 5.56 Å². The molecule has 4 aromatic rings. The number of hydrogen-bond acceptors (Lipinski definition) is 4. The van der Waals surface area contributed by atoms with E-state index in [0.717, 1.165) is 16.8 Å². The van der Waals surface area contributed by atoms with Gasteiger partial charge in [-0.25, -0.2) is 13.1 Å². The van der Waals surface area contributed by atoms with Gasteiger partial charge in [0.15, 0.2) is 5.82 Å². The van der Waals surface area contributed by atoms with E-state index in [1.54, 1.807) is 28.8 Å². The summed E-state index contributed by atoms with van der Waals surface area (Å²) in [5.41, 5.74) is 2.57. The second-order valence-electron chi connectivity index (χ2n) is 6.30. The minimum Gasteiger partial charge on any atom is -0.261 e. The maximum absolute atomic E-state index is 12.8. The molecule has 3 aromatic carbocycles. The molecule has 0 unspecified atom stereocenters. The van der Waals surface area contributed by atoms with Crippen LogP contribution in [-0.4, -0.2) is 23.2 Å². The first-order chi connectivity index (χ1) is 13.5. The highest BCUT2D eigenvalue weighted by molar-refractivity contribution is 7.92. The Labute approximate surface area is 163 Å². The summed E-state index contributed by atoms with van der Waals surface area (Å²) < 4.78 is 30.0. The van der Waals surface area contributed by atoms with Crippen molar-refractivity contribution < 1.29 is 8.42 Å². The van der Waals surface area contributed by atoms with Crippen LogP contribution in [0.25, 0.3) is 17.1 Å². The number of rotatable bonds is 5. The zero-order chi connectivity index (χ0) is 19.6. The molecule has 6 nitrogen and oxygen atoms in total. The lowest BCUT2D eigenvalue weighted by Crippen LogP contribution is -2.16. The molecule has 0 bridgehead atoms. The van der Waals surface area contributed by atoms with Crippen molar-refractivity contribution in [3.05, 3.63) is 90.5 Å². The fourth-order valence-electron chi connectivity index (χ4n) is 2.84. The number of hydrogen-bond donors (Lipinski definition) is 1. The maximum atomic E-state index is 12.8. The Morgan fingerprint density at radius 1 is 0.786 bits per heavy atom. The highest BCUT2D eigenvalue weighted by Gasteiger charge is 2.21. The molecule has 1 aromatic heterocycles. The van der Waals surface area contributed by atoms with Crippen molar-refractivity contribution in [2.45, 2.75) is 11.8 Å². The van der Waals surface area contributed by atoms with Gasteiger partial charge in [-0.05, 0) is 31.2 Å². The third-order valence-electron chi connectivity index (χ3n) is 4.27. The summed E-state index contributed by atoms with van der Waals surface area (Å²) in [6, 6.07) is 25.6. The number of benzene rings is 3. The van der Waals surface area contributed by atoms with Gasteiger partial charge in [0.1, 0.15) is 0 Å². The zero-order valence-corrected chi connectivity index (χ0v) is 16.0. The summed E-state index contributed by atoms with van der Waals surface area (Å²) in [5, 5.41) is 8.36. The Kier molecular flexibility index (Phi) is 4.67. The van der Waals surface area contributed by atoms with Gasteiger partial charge in [-0.15, -0.1) is 10.2 Å². The van der Waals surface area contributed by atoms with E-state index in [0.29, 0.717) is 5.82 Å². The predicted molar refractivity (Wildman–Crippen MR) is 109 cm³/mol. The Hall–Kier alpha value is -3.45. The van der Waals surface area contributed by atoms with E-state index in [9.17, 15) is 8.42 Å². The van der Waals surface area contributed by atoms with Crippen LogP contribution in [-0.2, 0) is 10.0 Å². The van der Waals surface area contributed by atoms with Gasteiger partial charge >= 0.3 is 0 Å². The minimum absolute atomic E-state index is 0.130. The summed E-state index contributed by atoms with van der Waals surface area (Å²) in [5.74, 6) is 0.680. The molecule has 140 valence electrons. The van der Waals surface area contributed by atoms with Crippen LogP contribution in [0, 0.1) is 6.92 Å². The number of anilines is 1. The van der Waals surface area contributed by atoms with Crippen molar-refractivity contribution in [3.63, 3.8) is 0 Å². The number of nitrogens with zero attached hydrogens (tertiary/aromatic N) is 3. The lowest BCUT2D eigenvalue weighted by atomic mass is 10.2. The van der Waals surface area contributed by atoms with E-state index < -0.39 is 10.0 Å². The molecule has 1 heterocycles. The normalized spacial score (nSPS) is 11.3. The molecule has 0 aliphatic rings. The standard InChI is InChI=1S/C21H18N4O2S/c1-16-12-14-19(15-13-16)28(26,27)24-21-23-22-20(17-8-4-2-5-9-17)25(21)18-10-6-3-7-11-18/h2-15H,1H3,(H,23,24). The molecule has 7 heteroatoms. The third-order valence-corrected chi connectivity index (χ3v) is 5.61. The number of para-hydroxylation sites is 1. The molecule has 0 radical (unpaired) electrons. The van der Waals surface area contributed by atoms with E-state index in [1.807, 2.05) is 67.6 Å². The van der Waals surface area contributed by atoms with Crippen LogP contribution in [0.4, 0.5) is 5.95 Å². The highest BCUT2D eigenvalue weighted by atomic mass is 32.2. The van der Waals surface area contributed by atoms with Crippen LogP contribution >= 0.6 is 0 Å². The summed E-state index contributed by atoms with van der Waals surface area (Å²) in [7, 11) is -3.80. The van der Waals surface area contributed by atoms with Crippen molar-refractivity contribution in [2.75, 3.05) is 4.72 Å². The van der Waals surface area contributed by atoms with E-state index in [4.69, 9.17) is 0 Å². The second-order valence-corrected chi connectivity index (χ2v) is 7.99.